The van der Waals surface area contributed by atoms with Crippen molar-refractivity contribution < 1.29 is 13.6 Å². The average Bonchev–Trinajstić information content (AvgIpc) is 2.55. The molecule has 3 nitrogen and oxygen atoms in total. The van der Waals surface area contributed by atoms with E-state index < -0.39 is 16.6 Å². The van der Waals surface area contributed by atoms with Gasteiger partial charge in [0, 0.05) is 13.0 Å². The fourth-order valence-corrected chi connectivity index (χ4v) is 11.6. The van der Waals surface area contributed by atoms with E-state index in [1.54, 1.807) is 0 Å². The van der Waals surface area contributed by atoms with Gasteiger partial charge in [-0.3, -0.25) is 0 Å². The number of methoxy groups -OCH3 is 1. The third-order valence-electron chi connectivity index (χ3n) is 7.51. The first-order valence-electron chi connectivity index (χ1n) is 11.9. The van der Waals surface area contributed by atoms with Crippen LogP contribution in [-0.4, -0.2) is 42.6 Å². The summed E-state index contributed by atoms with van der Waals surface area (Å²) in [5.74, 6) is 0.312. The summed E-state index contributed by atoms with van der Waals surface area (Å²) in [5, 5.41) is 0.215. The molecule has 0 N–H and O–H groups in total. The normalized spacial score (nSPS) is 17.3. The summed E-state index contributed by atoms with van der Waals surface area (Å²) in [7, 11) is -1.89. The second-order valence-corrected chi connectivity index (χ2v) is 21.7. The Labute approximate surface area is 185 Å². The van der Waals surface area contributed by atoms with Gasteiger partial charge in [-0.2, -0.15) is 0 Å². The van der Waals surface area contributed by atoms with Crippen molar-refractivity contribution in [2.24, 2.45) is 5.92 Å². The van der Waals surface area contributed by atoms with Crippen LogP contribution in [0.2, 0.25) is 34.8 Å². The molecule has 0 saturated carbocycles. The largest absolute Gasteiger partial charge is 0.414 e. The second-order valence-electron chi connectivity index (χ2n) is 11.5. The molecule has 29 heavy (non-hydrogen) atoms. The maximum atomic E-state index is 6.88. The Kier molecular flexibility index (Phi) is 11.9. The Morgan fingerprint density at radius 2 is 1.24 bits per heavy atom. The molecule has 0 bridgehead atoms. The van der Waals surface area contributed by atoms with Crippen molar-refractivity contribution in [1.29, 1.82) is 0 Å². The summed E-state index contributed by atoms with van der Waals surface area (Å²) < 4.78 is 19.8. The monoisotopic (exact) mass is 446 g/mol. The molecule has 0 heterocycles. The lowest BCUT2D eigenvalue weighted by Gasteiger charge is -2.45. The minimum Gasteiger partial charge on any atom is -0.414 e. The molecule has 0 aromatic heterocycles. The average molecular weight is 447 g/mol. The SMILES string of the molecule is CCC[C@@H](O[Si](C)(C)C(C)(C)C)[C@@H](C)C(CO[Si](C(C)C)(C(C)C)C(C)C)OC. The molecule has 0 fully saturated rings. The quantitative estimate of drug-likeness (QED) is 0.268. The van der Waals surface area contributed by atoms with Gasteiger partial charge in [-0.15, -0.1) is 0 Å². The Hall–Kier alpha value is 0.314. The lowest BCUT2D eigenvalue weighted by molar-refractivity contribution is -0.0297. The molecule has 5 heteroatoms. The molecule has 176 valence electrons. The first kappa shape index (κ1) is 29.3. The fourth-order valence-electron chi connectivity index (χ4n) is 4.67. The second kappa shape index (κ2) is 11.8. The molecule has 1 unspecified atom stereocenters. The van der Waals surface area contributed by atoms with E-state index in [9.17, 15) is 0 Å². The van der Waals surface area contributed by atoms with E-state index in [0.29, 0.717) is 29.1 Å². The van der Waals surface area contributed by atoms with E-state index in [2.05, 4.69) is 89.3 Å². The van der Waals surface area contributed by atoms with Gasteiger partial charge >= 0.3 is 0 Å². The number of rotatable bonds is 13. The van der Waals surface area contributed by atoms with Crippen LogP contribution in [0.4, 0.5) is 0 Å². The molecule has 0 spiro atoms. The first-order chi connectivity index (χ1) is 13.1. The molecule has 0 rings (SSSR count). The van der Waals surface area contributed by atoms with Crippen molar-refractivity contribution in [3.63, 3.8) is 0 Å². The Morgan fingerprint density at radius 3 is 1.55 bits per heavy atom. The molecule has 0 radical (unpaired) electrons. The zero-order chi connectivity index (χ0) is 23.2. The summed E-state index contributed by atoms with van der Waals surface area (Å²) in [6, 6.07) is 0. The number of ether oxygens (including phenoxy) is 1. The topological polar surface area (TPSA) is 27.7 Å². The van der Waals surface area contributed by atoms with Crippen molar-refractivity contribution in [3.8, 4) is 0 Å². The lowest BCUT2D eigenvalue weighted by Crippen LogP contribution is -2.51. The maximum absolute atomic E-state index is 6.88. The third kappa shape index (κ3) is 7.45. The highest BCUT2D eigenvalue weighted by Crippen LogP contribution is 2.43. The molecular formula is C24H54O3Si2. The van der Waals surface area contributed by atoms with E-state index in [1.165, 1.54) is 0 Å². The smallest absolute Gasteiger partial charge is 0.200 e. The van der Waals surface area contributed by atoms with Crippen molar-refractivity contribution in [2.45, 2.75) is 136 Å². The van der Waals surface area contributed by atoms with Crippen LogP contribution in [0.1, 0.15) is 89.0 Å². The van der Waals surface area contributed by atoms with Gasteiger partial charge in [0.1, 0.15) is 0 Å². The Bertz CT molecular complexity index is 434. The summed E-state index contributed by atoms with van der Waals surface area (Å²) in [4.78, 5) is 0. The molecular weight excluding hydrogens is 392 g/mol. The predicted molar refractivity (Wildman–Crippen MR) is 134 cm³/mol. The summed E-state index contributed by atoms with van der Waals surface area (Å²) in [6.45, 7) is 31.0. The maximum Gasteiger partial charge on any atom is 0.200 e. The van der Waals surface area contributed by atoms with E-state index in [1.807, 2.05) is 7.11 Å². The van der Waals surface area contributed by atoms with Gasteiger partial charge in [0.05, 0.1) is 18.8 Å². The summed E-state index contributed by atoms with van der Waals surface area (Å²) in [5.41, 5.74) is 1.76. The molecule has 0 aromatic rings. The van der Waals surface area contributed by atoms with Crippen molar-refractivity contribution in [1.82, 2.24) is 0 Å². The first-order valence-corrected chi connectivity index (χ1v) is 17.0. The van der Waals surface area contributed by atoms with E-state index in [-0.39, 0.29) is 17.2 Å². The standard InChI is InChI=1S/C24H54O3Si2/c1-15-16-22(27-28(13,14)24(9,10)11)21(8)23(25-12)17-26-29(18(2)3,19(4)5)20(6)7/h18-23H,15-17H2,1-14H3/t21-,22-,23?/m1/s1. The highest BCUT2D eigenvalue weighted by atomic mass is 28.4. The highest BCUT2D eigenvalue weighted by molar-refractivity contribution is 6.77. The van der Waals surface area contributed by atoms with E-state index in [0.717, 1.165) is 12.8 Å². The van der Waals surface area contributed by atoms with Gasteiger partial charge in [-0.1, -0.05) is 82.6 Å². The Balaban J connectivity index is 5.54. The number of hydrogen-bond donors (Lipinski definition) is 0. The molecule has 3 atom stereocenters. The molecule has 0 amide bonds. The summed E-state index contributed by atoms with van der Waals surface area (Å²) >= 11 is 0. The molecule has 0 aliphatic heterocycles. The summed E-state index contributed by atoms with van der Waals surface area (Å²) in [6.07, 6.45) is 2.50. The van der Waals surface area contributed by atoms with Crippen molar-refractivity contribution >= 4 is 16.6 Å². The van der Waals surface area contributed by atoms with Crippen LogP contribution >= 0.6 is 0 Å². The van der Waals surface area contributed by atoms with Gasteiger partial charge < -0.3 is 13.6 Å². The van der Waals surface area contributed by atoms with E-state index >= 15 is 0 Å². The highest BCUT2D eigenvalue weighted by Gasteiger charge is 2.46. The van der Waals surface area contributed by atoms with Crippen molar-refractivity contribution in [2.75, 3.05) is 13.7 Å². The van der Waals surface area contributed by atoms with E-state index in [4.69, 9.17) is 13.6 Å². The van der Waals surface area contributed by atoms with Crippen LogP contribution < -0.4 is 0 Å². The van der Waals surface area contributed by atoms with Gasteiger partial charge in [0.15, 0.2) is 16.6 Å². The van der Waals surface area contributed by atoms with Crippen LogP contribution in [0.15, 0.2) is 0 Å². The van der Waals surface area contributed by atoms with Crippen LogP contribution in [0.25, 0.3) is 0 Å². The third-order valence-corrected chi connectivity index (χ3v) is 18.1. The molecule has 0 aliphatic rings. The zero-order valence-electron chi connectivity index (χ0n) is 22.3. The predicted octanol–water partition coefficient (Wildman–Crippen LogP) is 8.02. The van der Waals surface area contributed by atoms with Crippen LogP contribution in [-0.2, 0) is 13.6 Å². The van der Waals surface area contributed by atoms with Crippen molar-refractivity contribution in [3.05, 3.63) is 0 Å². The lowest BCUT2D eigenvalue weighted by atomic mass is 9.95. The van der Waals surface area contributed by atoms with Crippen LogP contribution in [0, 0.1) is 5.92 Å². The van der Waals surface area contributed by atoms with Gasteiger partial charge in [-0.05, 0) is 41.2 Å². The minimum atomic E-state index is -1.89. The van der Waals surface area contributed by atoms with Gasteiger partial charge in [-0.25, -0.2) is 0 Å². The molecule has 0 aromatic carbocycles. The van der Waals surface area contributed by atoms with Gasteiger partial charge in [0.2, 0.25) is 0 Å². The van der Waals surface area contributed by atoms with Gasteiger partial charge in [0.25, 0.3) is 0 Å². The van der Waals surface area contributed by atoms with Crippen LogP contribution in [0.5, 0.6) is 0 Å². The minimum absolute atomic E-state index is 0.0689. The molecule has 0 saturated heterocycles. The Morgan fingerprint density at radius 1 is 0.793 bits per heavy atom. The molecule has 0 aliphatic carbocycles. The number of hydrogen-bond acceptors (Lipinski definition) is 3. The fraction of sp³-hybridized carbons (Fsp3) is 1.00. The van der Waals surface area contributed by atoms with Crippen LogP contribution in [0.3, 0.4) is 0 Å². The zero-order valence-corrected chi connectivity index (χ0v) is 24.3.